The highest BCUT2D eigenvalue weighted by Crippen LogP contribution is 2.33. The Morgan fingerprint density at radius 3 is 2.66 bits per heavy atom. The molecule has 1 unspecified atom stereocenters. The van der Waals surface area contributed by atoms with Gasteiger partial charge in [0.1, 0.15) is 18.3 Å². The molecule has 8 nitrogen and oxygen atoms in total. The van der Waals surface area contributed by atoms with Crippen molar-refractivity contribution in [2.45, 2.75) is 38.9 Å². The van der Waals surface area contributed by atoms with E-state index in [9.17, 15) is 18.4 Å². The summed E-state index contributed by atoms with van der Waals surface area (Å²) in [5.74, 6) is -0.598. The minimum Gasteiger partial charge on any atom is -0.467 e. The first-order valence-electron chi connectivity index (χ1n) is 11.0. The van der Waals surface area contributed by atoms with Crippen molar-refractivity contribution in [3.63, 3.8) is 0 Å². The van der Waals surface area contributed by atoms with Gasteiger partial charge in [-0.15, -0.1) is 0 Å². The van der Waals surface area contributed by atoms with E-state index in [1.165, 1.54) is 29.0 Å². The molecule has 0 N–H and O–H groups in total. The standard InChI is InChI=1S/C25H22F2N4O4/c1-14-22-17(23(26)27)11-18(20-8-5-9-35-20)28-24(22)31(29-14)13-21(32)30-12-16-7-4-3-6-15(16)10-19(30)25(33)34-2/h3-9,11,19,23H,10,12-13H2,1-2H3. The van der Waals surface area contributed by atoms with Gasteiger partial charge >= 0.3 is 5.97 Å². The first-order chi connectivity index (χ1) is 16.9. The normalized spacial score (nSPS) is 15.5. The molecule has 0 spiro atoms. The number of alkyl halides is 2. The van der Waals surface area contributed by atoms with Gasteiger partial charge in [-0.05, 0) is 36.2 Å². The number of nitrogens with zero attached hydrogens (tertiary/aromatic N) is 4. The number of carbonyl (C=O) groups excluding carboxylic acids is 2. The maximum atomic E-state index is 14.0. The van der Waals surface area contributed by atoms with Gasteiger partial charge in [0.2, 0.25) is 5.91 Å². The highest BCUT2D eigenvalue weighted by atomic mass is 19.3. The third kappa shape index (κ3) is 4.05. The van der Waals surface area contributed by atoms with Crippen molar-refractivity contribution in [1.82, 2.24) is 19.7 Å². The first-order valence-corrected chi connectivity index (χ1v) is 11.0. The minimum absolute atomic E-state index is 0.145. The monoisotopic (exact) mass is 480 g/mol. The number of aryl methyl sites for hydroxylation is 1. The number of fused-ring (bicyclic) bond motifs is 2. The van der Waals surface area contributed by atoms with Crippen LogP contribution in [0.5, 0.6) is 0 Å². The molecule has 0 aliphatic carbocycles. The number of hydrogen-bond donors (Lipinski definition) is 0. The highest BCUT2D eigenvalue weighted by molar-refractivity contribution is 5.88. The molecule has 0 radical (unpaired) electrons. The maximum Gasteiger partial charge on any atom is 0.328 e. The Balaban J connectivity index is 1.54. The van der Waals surface area contributed by atoms with E-state index < -0.39 is 24.3 Å². The molecule has 1 atom stereocenters. The highest BCUT2D eigenvalue weighted by Gasteiger charge is 2.35. The van der Waals surface area contributed by atoms with Crippen molar-refractivity contribution in [2.75, 3.05) is 7.11 Å². The summed E-state index contributed by atoms with van der Waals surface area (Å²) in [6.45, 7) is 1.54. The number of methoxy groups -OCH3 is 1. The van der Waals surface area contributed by atoms with Crippen molar-refractivity contribution < 1.29 is 27.5 Å². The number of amides is 1. The van der Waals surface area contributed by atoms with Crippen LogP contribution in [0.25, 0.3) is 22.5 Å². The van der Waals surface area contributed by atoms with Gasteiger partial charge in [0.15, 0.2) is 11.4 Å². The summed E-state index contributed by atoms with van der Waals surface area (Å²) < 4.78 is 39.5. The Morgan fingerprint density at radius 1 is 1.20 bits per heavy atom. The SMILES string of the molecule is COC(=O)C1Cc2ccccc2CN1C(=O)Cn1nc(C)c2c(C(F)F)cc(-c3ccco3)nc21. The Bertz CT molecular complexity index is 1410. The molecule has 3 aromatic heterocycles. The number of hydrogen-bond acceptors (Lipinski definition) is 6. The first kappa shape index (κ1) is 22.7. The molecule has 10 heteroatoms. The lowest BCUT2D eigenvalue weighted by molar-refractivity contribution is -0.154. The molecular weight excluding hydrogens is 458 g/mol. The van der Waals surface area contributed by atoms with Gasteiger partial charge in [-0.3, -0.25) is 4.79 Å². The van der Waals surface area contributed by atoms with E-state index in [1.54, 1.807) is 19.1 Å². The molecule has 0 saturated carbocycles. The van der Waals surface area contributed by atoms with Crippen molar-refractivity contribution in [2.24, 2.45) is 0 Å². The number of benzene rings is 1. The van der Waals surface area contributed by atoms with Gasteiger partial charge < -0.3 is 14.1 Å². The van der Waals surface area contributed by atoms with Crippen molar-refractivity contribution >= 4 is 22.9 Å². The van der Waals surface area contributed by atoms with E-state index in [4.69, 9.17) is 9.15 Å². The number of ether oxygens (including phenoxy) is 1. The van der Waals surface area contributed by atoms with Crippen molar-refractivity contribution in [1.29, 1.82) is 0 Å². The maximum absolute atomic E-state index is 14.0. The van der Waals surface area contributed by atoms with Crippen LogP contribution < -0.4 is 0 Å². The van der Waals surface area contributed by atoms with Gasteiger partial charge in [0, 0.05) is 18.5 Å². The second-order valence-electron chi connectivity index (χ2n) is 8.35. The third-order valence-electron chi connectivity index (χ3n) is 6.24. The Kier molecular flexibility index (Phi) is 5.80. The molecule has 1 aromatic carbocycles. The molecular formula is C25H22F2N4O4. The fourth-order valence-corrected chi connectivity index (χ4v) is 4.57. The molecule has 35 heavy (non-hydrogen) atoms. The summed E-state index contributed by atoms with van der Waals surface area (Å²) in [6.07, 6.45) is -1.02. The van der Waals surface area contributed by atoms with E-state index in [0.717, 1.165) is 11.1 Å². The molecule has 0 fully saturated rings. The van der Waals surface area contributed by atoms with E-state index in [1.807, 2.05) is 24.3 Å². The molecule has 5 rings (SSSR count). The number of aromatic nitrogens is 3. The molecule has 0 saturated heterocycles. The van der Waals surface area contributed by atoms with Gasteiger partial charge in [-0.25, -0.2) is 23.2 Å². The number of furan rings is 1. The lowest BCUT2D eigenvalue weighted by Gasteiger charge is -2.35. The smallest absolute Gasteiger partial charge is 0.328 e. The van der Waals surface area contributed by atoms with Crippen molar-refractivity contribution in [3.05, 3.63) is 71.1 Å². The third-order valence-corrected chi connectivity index (χ3v) is 6.24. The summed E-state index contributed by atoms with van der Waals surface area (Å²) in [4.78, 5) is 31.9. The predicted molar refractivity (Wildman–Crippen MR) is 121 cm³/mol. The number of pyridine rings is 1. The van der Waals surface area contributed by atoms with Crippen LogP contribution in [0.15, 0.2) is 53.1 Å². The lowest BCUT2D eigenvalue weighted by atomic mass is 9.94. The van der Waals surface area contributed by atoms with E-state index in [-0.39, 0.29) is 35.4 Å². The lowest BCUT2D eigenvalue weighted by Crippen LogP contribution is -2.50. The molecule has 1 amide bonds. The molecule has 180 valence electrons. The summed E-state index contributed by atoms with van der Waals surface area (Å²) in [6, 6.07) is 11.3. The number of halogens is 2. The Hall–Kier alpha value is -4.08. The van der Waals surface area contributed by atoms with Crippen LogP contribution in [0.3, 0.4) is 0 Å². The molecule has 4 heterocycles. The predicted octanol–water partition coefficient (Wildman–Crippen LogP) is 4.06. The Labute approximate surface area is 199 Å². The van der Waals surface area contributed by atoms with Crippen LogP contribution >= 0.6 is 0 Å². The van der Waals surface area contributed by atoms with E-state index in [2.05, 4.69) is 10.1 Å². The average molecular weight is 480 g/mol. The summed E-state index contributed by atoms with van der Waals surface area (Å²) in [5, 5.41) is 4.54. The topological polar surface area (TPSA) is 90.5 Å². The van der Waals surface area contributed by atoms with Gasteiger partial charge in [-0.1, -0.05) is 24.3 Å². The van der Waals surface area contributed by atoms with Crippen LogP contribution in [0.4, 0.5) is 8.78 Å². The van der Waals surface area contributed by atoms with Crippen LogP contribution in [-0.2, 0) is 33.8 Å². The Morgan fingerprint density at radius 2 is 1.97 bits per heavy atom. The fourth-order valence-electron chi connectivity index (χ4n) is 4.57. The second-order valence-corrected chi connectivity index (χ2v) is 8.35. The molecule has 4 aromatic rings. The zero-order chi connectivity index (χ0) is 24.7. The number of carbonyl (C=O) groups is 2. The fraction of sp³-hybridized carbons (Fsp3) is 0.280. The van der Waals surface area contributed by atoms with E-state index >= 15 is 0 Å². The second kappa shape index (κ2) is 8.94. The van der Waals surface area contributed by atoms with Crippen LogP contribution in [-0.4, -0.2) is 44.7 Å². The molecule has 1 aliphatic heterocycles. The average Bonchev–Trinajstić information content (AvgIpc) is 3.51. The zero-order valence-corrected chi connectivity index (χ0v) is 19.1. The summed E-state index contributed by atoms with van der Waals surface area (Å²) >= 11 is 0. The zero-order valence-electron chi connectivity index (χ0n) is 19.1. The number of rotatable bonds is 5. The van der Waals surface area contributed by atoms with Crippen molar-refractivity contribution in [3.8, 4) is 11.5 Å². The van der Waals surface area contributed by atoms with Crippen LogP contribution in [0, 0.1) is 6.92 Å². The summed E-state index contributed by atoms with van der Waals surface area (Å²) in [7, 11) is 1.28. The van der Waals surface area contributed by atoms with Gasteiger partial charge in [0.25, 0.3) is 6.43 Å². The number of esters is 1. The van der Waals surface area contributed by atoms with E-state index in [0.29, 0.717) is 17.9 Å². The van der Waals surface area contributed by atoms with Gasteiger partial charge in [-0.2, -0.15) is 5.10 Å². The molecule has 1 aliphatic rings. The molecule has 0 bridgehead atoms. The summed E-state index contributed by atoms with van der Waals surface area (Å²) in [5.41, 5.74) is 2.35. The quantitative estimate of drug-likeness (QED) is 0.400. The largest absolute Gasteiger partial charge is 0.467 e. The van der Waals surface area contributed by atoms with Crippen LogP contribution in [0.2, 0.25) is 0 Å². The van der Waals surface area contributed by atoms with Crippen LogP contribution in [0.1, 0.15) is 28.8 Å². The minimum atomic E-state index is -2.77. The van der Waals surface area contributed by atoms with Gasteiger partial charge in [0.05, 0.1) is 24.5 Å².